The van der Waals surface area contributed by atoms with E-state index in [-0.39, 0.29) is 17.7 Å². The molecule has 1 N–H and O–H groups in total. The number of phenols is 1. The molecule has 0 amide bonds. The van der Waals surface area contributed by atoms with Gasteiger partial charge in [0.05, 0.1) is 0 Å². The van der Waals surface area contributed by atoms with Crippen molar-refractivity contribution in [2.45, 2.75) is 96.8 Å². The number of aromatic hydroxyl groups is 1. The van der Waals surface area contributed by atoms with Crippen LogP contribution in [0.1, 0.15) is 107 Å². The number of phenolic OH excluding ortho intramolecular Hbond substituents is 1. The van der Waals surface area contributed by atoms with Gasteiger partial charge in [0.15, 0.2) is 0 Å². The summed E-state index contributed by atoms with van der Waals surface area (Å²) in [6.07, 6.45) is 20.4. The molecule has 0 aliphatic heterocycles. The summed E-state index contributed by atoms with van der Waals surface area (Å²) in [6, 6.07) is 6.06. The lowest BCUT2D eigenvalue weighted by molar-refractivity contribution is -0.138. The fourth-order valence-corrected chi connectivity index (χ4v) is 3.20. The summed E-state index contributed by atoms with van der Waals surface area (Å²) < 4.78 is 4.79. The Hall–Kier alpha value is -2.10. The van der Waals surface area contributed by atoms with Gasteiger partial charge in [-0.3, -0.25) is 4.79 Å². The van der Waals surface area contributed by atoms with Gasteiger partial charge in [0, 0.05) is 6.42 Å². The van der Waals surface area contributed by atoms with Crippen LogP contribution >= 0.6 is 0 Å². The van der Waals surface area contributed by atoms with Crippen LogP contribution in [0.4, 0.5) is 0 Å². The largest absolute Gasteiger partial charge is 0.507 e. The van der Waals surface area contributed by atoms with Gasteiger partial charge in [-0.1, -0.05) is 82.6 Å². The molecule has 0 bridgehead atoms. The summed E-state index contributed by atoms with van der Waals surface area (Å²) in [5, 5.41) is 9.59. The van der Waals surface area contributed by atoms with E-state index in [9.17, 15) is 14.7 Å². The van der Waals surface area contributed by atoms with Crippen molar-refractivity contribution in [3.05, 3.63) is 42.0 Å². The Morgan fingerprint density at radius 2 is 1.38 bits per heavy atom. The van der Waals surface area contributed by atoms with Crippen LogP contribution in [0.25, 0.3) is 0 Å². The standard InChI is InChI=1S/C25H38O4/c1-2-3-4-5-6-7-8-9-10-11-12-13-14-15-16-21-24(27)29-25(28)22-19-17-18-20-23(22)26/h9-10,17-20,26H,2-8,11-16,21H2,1H3. The molecule has 0 spiro atoms. The minimum atomic E-state index is -0.791. The number of carbonyl (C=O) groups is 2. The number of hydrogen-bond acceptors (Lipinski definition) is 4. The second kappa shape index (κ2) is 16.8. The second-order valence-corrected chi connectivity index (χ2v) is 7.61. The summed E-state index contributed by atoms with van der Waals surface area (Å²) in [6.45, 7) is 2.25. The number of ether oxygens (including phenoxy) is 1. The zero-order valence-corrected chi connectivity index (χ0v) is 18.0. The number of carbonyl (C=O) groups excluding carboxylic acids is 2. The average molecular weight is 403 g/mol. The fourth-order valence-electron chi connectivity index (χ4n) is 3.20. The molecule has 0 radical (unpaired) electrons. The van der Waals surface area contributed by atoms with Crippen molar-refractivity contribution < 1.29 is 19.4 Å². The zero-order valence-electron chi connectivity index (χ0n) is 18.0. The van der Waals surface area contributed by atoms with E-state index in [0.29, 0.717) is 0 Å². The van der Waals surface area contributed by atoms with E-state index in [4.69, 9.17) is 4.74 Å². The lowest BCUT2D eigenvalue weighted by Crippen LogP contribution is -2.12. The summed E-state index contributed by atoms with van der Waals surface area (Å²) >= 11 is 0. The Bertz CT molecular complexity index is 607. The van der Waals surface area contributed by atoms with Crippen molar-refractivity contribution in [3.63, 3.8) is 0 Å². The molecule has 0 aliphatic rings. The van der Waals surface area contributed by atoms with Crippen LogP contribution in [-0.4, -0.2) is 17.0 Å². The zero-order chi connectivity index (χ0) is 21.2. The van der Waals surface area contributed by atoms with E-state index in [0.717, 1.165) is 32.1 Å². The molecule has 1 aromatic carbocycles. The second-order valence-electron chi connectivity index (χ2n) is 7.61. The Kier molecular flexibility index (Phi) is 14.5. The van der Waals surface area contributed by atoms with Crippen molar-refractivity contribution in [2.24, 2.45) is 0 Å². The number of esters is 2. The van der Waals surface area contributed by atoms with Crippen LogP contribution < -0.4 is 0 Å². The van der Waals surface area contributed by atoms with Crippen LogP contribution in [-0.2, 0) is 9.53 Å². The first-order valence-corrected chi connectivity index (χ1v) is 11.3. The quantitative estimate of drug-likeness (QED) is 0.138. The van der Waals surface area contributed by atoms with E-state index in [1.807, 2.05) is 0 Å². The molecule has 0 atom stereocenters. The highest BCUT2D eigenvalue weighted by atomic mass is 16.6. The number of benzene rings is 1. The normalized spacial score (nSPS) is 11.1. The molecule has 162 valence electrons. The van der Waals surface area contributed by atoms with Crippen molar-refractivity contribution in [1.29, 1.82) is 0 Å². The molecule has 0 saturated carbocycles. The van der Waals surface area contributed by atoms with Crippen LogP contribution in [0, 0.1) is 0 Å². The molecule has 4 nitrogen and oxygen atoms in total. The maximum atomic E-state index is 11.8. The molecule has 1 rings (SSSR count). The summed E-state index contributed by atoms with van der Waals surface area (Å²) in [5.41, 5.74) is 0.0189. The van der Waals surface area contributed by atoms with Gasteiger partial charge in [0.2, 0.25) is 0 Å². The Balaban J connectivity index is 1.94. The minimum Gasteiger partial charge on any atom is -0.507 e. The number of rotatable bonds is 16. The van der Waals surface area contributed by atoms with Crippen LogP contribution in [0.5, 0.6) is 5.75 Å². The first-order valence-electron chi connectivity index (χ1n) is 11.3. The van der Waals surface area contributed by atoms with Crippen molar-refractivity contribution in [3.8, 4) is 5.75 Å². The molecular formula is C25H38O4. The first kappa shape index (κ1) is 24.9. The summed E-state index contributed by atoms with van der Waals surface area (Å²) in [7, 11) is 0. The Morgan fingerprint density at radius 3 is 2.00 bits per heavy atom. The number of unbranched alkanes of at least 4 members (excludes halogenated alkanes) is 11. The van der Waals surface area contributed by atoms with Gasteiger partial charge in [-0.15, -0.1) is 0 Å². The highest BCUT2D eigenvalue weighted by Gasteiger charge is 2.15. The molecule has 0 saturated heterocycles. The van der Waals surface area contributed by atoms with Crippen molar-refractivity contribution >= 4 is 11.9 Å². The Labute approximate surface area is 176 Å². The van der Waals surface area contributed by atoms with Gasteiger partial charge in [0.1, 0.15) is 11.3 Å². The number of para-hydroxylation sites is 1. The lowest BCUT2D eigenvalue weighted by Gasteiger charge is -2.04. The minimum absolute atomic E-state index is 0.0189. The van der Waals surface area contributed by atoms with E-state index < -0.39 is 11.9 Å². The predicted octanol–water partition coefficient (Wildman–Crippen LogP) is 7.11. The third-order valence-electron chi connectivity index (χ3n) is 4.97. The smallest absolute Gasteiger partial charge is 0.349 e. The third-order valence-corrected chi connectivity index (χ3v) is 4.97. The third kappa shape index (κ3) is 12.9. The highest BCUT2D eigenvalue weighted by molar-refractivity contribution is 5.98. The van der Waals surface area contributed by atoms with E-state index in [2.05, 4.69) is 19.1 Å². The monoisotopic (exact) mass is 402 g/mol. The fraction of sp³-hybridized carbons (Fsp3) is 0.600. The van der Waals surface area contributed by atoms with Gasteiger partial charge in [0.25, 0.3) is 0 Å². The number of allylic oxidation sites excluding steroid dienone is 2. The highest BCUT2D eigenvalue weighted by Crippen LogP contribution is 2.17. The molecule has 29 heavy (non-hydrogen) atoms. The molecular weight excluding hydrogens is 364 g/mol. The first-order chi connectivity index (χ1) is 14.1. The van der Waals surface area contributed by atoms with E-state index >= 15 is 0 Å². The molecule has 0 fully saturated rings. The van der Waals surface area contributed by atoms with Crippen LogP contribution in [0.15, 0.2) is 36.4 Å². The van der Waals surface area contributed by atoms with E-state index in [1.165, 1.54) is 63.5 Å². The predicted molar refractivity (Wildman–Crippen MR) is 118 cm³/mol. The average Bonchev–Trinajstić information content (AvgIpc) is 2.71. The van der Waals surface area contributed by atoms with Gasteiger partial charge < -0.3 is 9.84 Å². The van der Waals surface area contributed by atoms with Crippen LogP contribution in [0.3, 0.4) is 0 Å². The SMILES string of the molecule is CCCCCCCCC=CCCCCCCCC(=O)OC(=O)c1ccccc1O. The maximum absolute atomic E-state index is 11.8. The molecule has 1 aromatic rings. The van der Waals surface area contributed by atoms with Gasteiger partial charge >= 0.3 is 11.9 Å². The lowest BCUT2D eigenvalue weighted by atomic mass is 10.1. The maximum Gasteiger partial charge on any atom is 0.349 e. The molecule has 4 heteroatoms. The topological polar surface area (TPSA) is 63.6 Å². The van der Waals surface area contributed by atoms with Crippen molar-refractivity contribution in [1.82, 2.24) is 0 Å². The van der Waals surface area contributed by atoms with E-state index in [1.54, 1.807) is 12.1 Å². The van der Waals surface area contributed by atoms with Crippen LogP contribution in [0.2, 0.25) is 0 Å². The number of hydrogen-bond donors (Lipinski definition) is 1. The molecule has 0 unspecified atom stereocenters. The molecule has 0 aromatic heterocycles. The Morgan fingerprint density at radius 1 is 0.828 bits per heavy atom. The molecule has 0 heterocycles. The summed E-state index contributed by atoms with van der Waals surface area (Å²) in [4.78, 5) is 23.6. The van der Waals surface area contributed by atoms with Gasteiger partial charge in [-0.2, -0.15) is 0 Å². The summed E-state index contributed by atoms with van der Waals surface area (Å²) in [5.74, 6) is -1.50. The molecule has 0 aliphatic carbocycles. The van der Waals surface area contributed by atoms with Gasteiger partial charge in [-0.25, -0.2) is 4.79 Å². The van der Waals surface area contributed by atoms with Crippen molar-refractivity contribution in [2.75, 3.05) is 0 Å². The van der Waals surface area contributed by atoms with Gasteiger partial charge in [-0.05, 0) is 44.2 Å².